The molecular weight excluding hydrogens is 412 g/mol. The molecule has 10 heteroatoms. The third-order valence-electron chi connectivity index (χ3n) is 6.17. The van der Waals surface area contributed by atoms with Crippen molar-refractivity contribution in [2.24, 2.45) is 7.05 Å². The molecule has 2 aliphatic rings. The molecule has 0 bridgehead atoms. The minimum Gasteiger partial charge on any atom is -0.379 e. The zero-order valence-corrected chi connectivity index (χ0v) is 19.0. The molecule has 166 valence electrons. The minimum atomic E-state index is 0.411. The lowest BCUT2D eigenvalue weighted by Gasteiger charge is -2.39. The highest BCUT2D eigenvalue weighted by atomic mass is 32.1. The van der Waals surface area contributed by atoms with Gasteiger partial charge in [-0.1, -0.05) is 18.3 Å². The van der Waals surface area contributed by atoms with Gasteiger partial charge < -0.3 is 15.4 Å². The molecule has 31 heavy (non-hydrogen) atoms. The molecule has 4 heterocycles. The first-order valence-corrected chi connectivity index (χ1v) is 12.0. The monoisotopic (exact) mass is 442 g/mol. The molecule has 5 rings (SSSR count). The normalized spacial score (nSPS) is 22.6. The van der Waals surface area contributed by atoms with Crippen molar-refractivity contribution in [3.63, 3.8) is 0 Å². The Morgan fingerprint density at radius 1 is 1.13 bits per heavy atom. The smallest absolute Gasteiger partial charge is 0.230 e. The lowest BCUT2D eigenvalue weighted by Crippen LogP contribution is -2.46. The second kappa shape index (κ2) is 9.05. The molecule has 0 spiro atoms. The van der Waals surface area contributed by atoms with Crippen molar-refractivity contribution in [2.45, 2.75) is 51.1 Å². The van der Waals surface area contributed by atoms with Gasteiger partial charge in [-0.25, -0.2) is 4.98 Å². The standard InChI is InChI=1S/C21H30N8OS/c1-3-17-25-18-19(23-14-4-6-16(7-5-14)29-8-10-30-11-9-29)26-21(27-20(18)31-17)24-15-12-22-28(2)13-15/h12-14,16H,3-11H2,1-2H3,(H2,23,24,26,27)/t14-,16-. The summed E-state index contributed by atoms with van der Waals surface area (Å²) in [4.78, 5) is 17.8. The topological polar surface area (TPSA) is 93.0 Å². The zero-order chi connectivity index (χ0) is 21.2. The second-order valence-electron chi connectivity index (χ2n) is 8.34. The number of morpholine rings is 1. The van der Waals surface area contributed by atoms with E-state index in [4.69, 9.17) is 19.7 Å². The van der Waals surface area contributed by atoms with E-state index in [9.17, 15) is 0 Å². The molecule has 2 fully saturated rings. The quantitative estimate of drug-likeness (QED) is 0.601. The van der Waals surface area contributed by atoms with Crippen LogP contribution in [0, 0.1) is 0 Å². The van der Waals surface area contributed by atoms with Crippen LogP contribution in [0.4, 0.5) is 17.5 Å². The summed E-state index contributed by atoms with van der Waals surface area (Å²) in [6.45, 7) is 6.00. The number of rotatable bonds is 6. The highest BCUT2D eigenvalue weighted by Crippen LogP contribution is 2.31. The van der Waals surface area contributed by atoms with Crippen LogP contribution in [-0.4, -0.2) is 68.0 Å². The predicted octanol–water partition coefficient (Wildman–Crippen LogP) is 3.18. The van der Waals surface area contributed by atoms with E-state index in [0.29, 0.717) is 18.0 Å². The Labute approximate surface area is 186 Å². The van der Waals surface area contributed by atoms with Gasteiger partial charge in [0.15, 0.2) is 10.6 Å². The van der Waals surface area contributed by atoms with Crippen LogP contribution in [0.5, 0.6) is 0 Å². The fourth-order valence-corrected chi connectivity index (χ4v) is 5.38. The van der Waals surface area contributed by atoms with Gasteiger partial charge in [0.2, 0.25) is 5.95 Å². The maximum atomic E-state index is 5.51. The number of hydrogen-bond acceptors (Lipinski definition) is 9. The van der Waals surface area contributed by atoms with Crippen LogP contribution in [0.15, 0.2) is 12.4 Å². The van der Waals surface area contributed by atoms with Crippen LogP contribution in [0.3, 0.4) is 0 Å². The van der Waals surface area contributed by atoms with E-state index in [1.807, 2.05) is 13.2 Å². The highest BCUT2D eigenvalue weighted by molar-refractivity contribution is 7.18. The van der Waals surface area contributed by atoms with Gasteiger partial charge >= 0.3 is 0 Å². The van der Waals surface area contributed by atoms with E-state index >= 15 is 0 Å². The minimum absolute atomic E-state index is 0.411. The van der Waals surface area contributed by atoms with Crippen LogP contribution in [0.1, 0.15) is 37.6 Å². The maximum Gasteiger partial charge on any atom is 0.230 e. The summed E-state index contributed by atoms with van der Waals surface area (Å²) in [5.41, 5.74) is 1.76. The lowest BCUT2D eigenvalue weighted by atomic mass is 9.90. The largest absolute Gasteiger partial charge is 0.379 e. The van der Waals surface area contributed by atoms with E-state index in [2.05, 4.69) is 27.6 Å². The first-order chi connectivity index (χ1) is 15.2. The molecule has 3 aromatic heterocycles. The van der Waals surface area contributed by atoms with E-state index < -0.39 is 0 Å². The zero-order valence-electron chi connectivity index (χ0n) is 18.2. The molecule has 1 aliphatic carbocycles. The number of fused-ring (bicyclic) bond motifs is 1. The van der Waals surface area contributed by atoms with Crippen LogP contribution < -0.4 is 10.6 Å². The summed E-state index contributed by atoms with van der Waals surface area (Å²) in [5.74, 6) is 1.42. The number of ether oxygens (including phenoxy) is 1. The van der Waals surface area contributed by atoms with Crippen molar-refractivity contribution >= 4 is 39.1 Å². The third kappa shape index (κ3) is 4.65. The van der Waals surface area contributed by atoms with Gasteiger partial charge in [0, 0.05) is 38.4 Å². The van der Waals surface area contributed by atoms with Gasteiger partial charge in [0.05, 0.1) is 30.1 Å². The van der Waals surface area contributed by atoms with Crippen molar-refractivity contribution in [3.05, 3.63) is 17.4 Å². The van der Waals surface area contributed by atoms with Crippen molar-refractivity contribution in [1.82, 2.24) is 29.6 Å². The summed E-state index contributed by atoms with van der Waals surface area (Å²) in [5, 5.41) is 12.3. The molecule has 0 atom stereocenters. The van der Waals surface area contributed by atoms with E-state index in [-0.39, 0.29) is 0 Å². The first-order valence-electron chi connectivity index (χ1n) is 11.2. The summed E-state index contributed by atoms with van der Waals surface area (Å²) in [6, 6.07) is 1.09. The van der Waals surface area contributed by atoms with E-state index in [1.54, 1.807) is 22.2 Å². The summed E-state index contributed by atoms with van der Waals surface area (Å²) < 4.78 is 7.27. The van der Waals surface area contributed by atoms with Gasteiger partial charge in [-0.2, -0.15) is 15.1 Å². The summed E-state index contributed by atoms with van der Waals surface area (Å²) in [6.07, 6.45) is 9.30. The molecule has 0 radical (unpaired) electrons. The molecule has 9 nitrogen and oxygen atoms in total. The molecule has 1 saturated heterocycles. The highest BCUT2D eigenvalue weighted by Gasteiger charge is 2.27. The second-order valence-corrected chi connectivity index (χ2v) is 9.40. The fourth-order valence-electron chi connectivity index (χ4n) is 4.51. The average molecular weight is 443 g/mol. The molecule has 2 N–H and O–H groups in total. The van der Waals surface area contributed by atoms with Gasteiger partial charge in [-0.15, -0.1) is 0 Å². The molecule has 0 unspecified atom stereocenters. The number of nitrogens with zero attached hydrogens (tertiary/aromatic N) is 6. The number of thiazole rings is 1. The van der Waals surface area contributed by atoms with Crippen molar-refractivity contribution < 1.29 is 4.74 Å². The number of hydrogen-bond donors (Lipinski definition) is 2. The number of anilines is 3. The predicted molar refractivity (Wildman–Crippen MR) is 123 cm³/mol. The maximum absolute atomic E-state index is 5.51. The SMILES string of the molecule is CCc1nc2c(N[C@H]3CC[C@H](N4CCOCC4)CC3)nc(Nc3cnn(C)c3)nc2s1. The first kappa shape index (κ1) is 20.6. The number of aromatic nitrogens is 5. The Bertz CT molecular complexity index is 1020. The lowest BCUT2D eigenvalue weighted by molar-refractivity contribution is 0.00791. The van der Waals surface area contributed by atoms with Gasteiger partial charge in [0.1, 0.15) is 5.52 Å². The van der Waals surface area contributed by atoms with Crippen molar-refractivity contribution in [1.29, 1.82) is 0 Å². The van der Waals surface area contributed by atoms with Crippen molar-refractivity contribution in [3.8, 4) is 0 Å². The Hall–Kier alpha value is -2.30. The van der Waals surface area contributed by atoms with Gasteiger partial charge in [-0.3, -0.25) is 9.58 Å². The van der Waals surface area contributed by atoms with E-state index in [0.717, 1.165) is 72.4 Å². The molecule has 1 saturated carbocycles. The Balaban J connectivity index is 1.32. The number of aryl methyl sites for hydroxylation is 2. The van der Waals surface area contributed by atoms with E-state index in [1.165, 1.54) is 12.8 Å². The molecule has 3 aromatic rings. The third-order valence-corrected chi connectivity index (χ3v) is 7.26. The Kier molecular flexibility index (Phi) is 6.02. The van der Waals surface area contributed by atoms with Crippen LogP contribution in [-0.2, 0) is 18.2 Å². The summed E-state index contributed by atoms with van der Waals surface area (Å²) >= 11 is 1.64. The Morgan fingerprint density at radius 2 is 1.94 bits per heavy atom. The Morgan fingerprint density at radius 3 is 2.65 bits per heavy atom. The molecular formula is C21H30N8OS. The van der Waals surface area contributed by atoms with Crippen LogP contribution in [0.25, 0.3) is 10.3 Å². The molecule has 1 aliphatic heterocycles. The van der Waals surface area contributed by atoms with Crippen LogP contribution in [0.2, 0.25) is 0 Å². The number of nitrogens with one attached hydrogen (secondary N) is 2. The average Bonchev–Trinajstić information content (AvgIpc) is 3.40. The molecule has 0 aromatic carbocycles. The van der Waals surface area contributed by atoms with Crippen molar-refractivity contribution in [2.75, 3.05) is 36.9 Å². The van der Waals surface area contributed by atoms with Gasteiger partial charge in [-0.05, 0) is 32.1 Å². The van der Waals surface area contributed by atoms with Gasteiger partial charge in [0.25, 0.3) is 0 Å². The van der Waals surface area contributed by atoms with Crippen LogP contribution >= 0.6 is 11.3 Å². The fraction of sp³-hybridized carbons (Fsp3) is 0.619. The molecule has 0 amide bonds. The summed E-state index contributed by atoms with van der Waals surface area (Å²) in [7, 11) is 1.90.